The Labute approximate surface area is 279 Å². The molecule has 0 aliphatic heterocycles. The third-order valence-electron chi connectivity index (χ3n) is 7.79. The van der Waals surface area contributed by atoms with Crippen molar-refractivity contribution in [1.29, 1.82) is 0 Å². The molecule has 2 aromatic heterocycles. The molecule has 10 nitrogen and oxygen atoms in total. The molecule has 1 amide bonds. The van der Waals surface area contributed by atoms with Crippen molar-refractivity contribution in [1.82, 2.24) is 14.7 Å². The van der Waals surface area contributed by atoms with E-state index in [1.807, 2.05) is 12.1 Å². The van der Waals surface area contributed by atoms with Gasteiger partial charge in [0, 0.05) is 6.20 Å². The Bertz CT molecular complexity index is 1630. The van der Waals surface area contributed by atoms with Crippen LogP contribution in [0.15, 0.2) is 71.9 Å². The summed E-state index contributed by atoms with van der Waals surface area (Å²) in [7, 11) is -4.05. The molecule has 47 heavy (non-hydrogen) atoms. The second kappa shape index (κ2) is 14.5. The van der Waals surface area contributed by atoms with Crippen molar-refractivity contribution >= 4 is 27.9 Å². The molecule has 11 heteroatoms. The average molecular weight is 665 g/mol. The maximum absolute atomic E-state index is 13.5. The summed E-state index contributed by atoms with van der Waals surface area (Å²) in [5.41, 5.74) is 1.22. The minimum Gasteiger partial charge on any atom is -0.459 e. The predicted octanol–water partition coefficient (Wildman–Crippen LogP) is 7.04. The number of carbonyl (C=O) groups excluding carboxylic acids is 2. The van der Waals surface area contributed by atoms with E-state index in [-0.39, 0.29) is 22.7 Å². The number of nitrogens with zero attached hydrogens (tertiary/aromatic N) is 3. The number of amides is 1. The third kappa shape index (κ3) is 10.3. The van der Waals surface area contributed by atoms with Gasteiger partial charge in [-0.1, -0.05) is 56.2 Å². The van der Waals surface area contributed by atoms with Crippen LogP contribution in [0.5, 0.6) is 0 Å². The minimum absolute atomic E-state index is 0.117. The van der Waals surface area contributed by atoms with Gasteiger partial charge in [0.05, 0.1) is 11.7 Å². The number of hydrogen-bond acceptors (Lipinski definition) is 8. The highest BCUT2D eigenvalue weighted by Crippen LogP contribution is 2.52. The quantitative estimate of drug-likeness (QED) is 0.193. The van der Waals surface area contributed by atoms with Gasteiger partial charge in [-0.25, -0.2) is 27.9 Å². The average Bonchev–Trinajstić information content (AvgIpc) is 3.78. The van der Waals surface area contributed by atoms with Gasteiger partial charge in [-0.15, -0.1) is 0 Å². The van der Waals surface area contributed by atoms with Crippen LogP contribution >= 0.6 is 0 Å². The zero-order valence-electron chi connectivity index (χ0n) is 28.6. The second-order valence-corrected chi connectivity index (χ2v) is 15.9. The van der Waals surface area contributed by atoms with Gasteiger partial charge >= 0.3 is 12.1 Å². The summed E-state index contributed by atoms with van der Waals surface area (Å²) in [6, 6.07) is 17.2. The predicted molar refractivity (Wildman–Crippen MR) is 182 cm³/mol. The van der Waals surface area contributed by atoms with Crippen LogP contribution in [0, 0.1) is 0 Å². The maximum atomic E-state index is 13.5. The zero-order chi connectivity index (χ0) is 34.5. The number of anilines is 1. The first kappa shape index (κ1) is 36.0. The molecule has 1 N–H and O–H groups in total. The van der Waals surface area contributed by atoms with E-state index in [0.717, 1.165) is 16.9 Å². The van der Waals surface area contributed by atoms with E-state index in [9.17, 15) is 18.0 Å². The van der Waals surface area contributed by atoms with Crippen LogP contribution in [0.2, 0.25) is 0 Å². The van der Waals surface area contributed by atoms with Crippen LogP contribution < -0.4 is 9.62 Å². The third-order valence-corrected chi connectivity index (χ3v) is 9.18. The van der Waals surface area contributed by atoms with E-state index in [1.54, 1.807) is 71.9 Å². The number of hydrogen-bond donors (Lipinski definition) is 1. The molecule has 1 aliphatic carbocycles. The molecular formula is C36H48N4O6S. The lowest BCUT2D eigenvalue weighted by Crippen LogP contribution is -2.42. The molecule has 0 radical (unpaired) electrons. The van der Waals surface area contributed by atoms with Crippen molar-refractivity contribution < 1.29 is 27.5 Å². The zero-order valence-corrected chi connectivity index (χ0v) is 29.4. The highest BCUT2D eigenvalue weighted by molar-refractivity contribution is 7.89. The van der Waals surface area contributed by atoms with Gasteiger partial charge in [-0.05, 0) is 108 Å². The van der Waals surface area contributed by atoms with E-state index >= 15 is 0 Å². The fourth-order valence-electron chi connectivity index (χ4n) is 5.38. The Morgan fingerprint density at radius 2 is 1.62 bits per heavy atom. The van der Waals surface area contributed by atoms with E-state index in [1.165, 1.54) is 43.5 Å². The van der Waals surface area contributed by atoms with Gasteiger partial charge in [-0.3, -0.25) is 9.69 Å². The molecule has 1 aliphatic rings. The molecule has 2 heterocycles. The van der Waals surface area contributed by atoms with Gasteiger partial charge in [0.1, 0.15) is 23.6 Å². The summed E-state index contributed by atoms with van der Waals surface area (Å²) < 4.78 is 40.9. The summed E-state index contributed by atoms with van der Waals surface area (Å²) in [6.45, 7) is 12.1. The van der Waals surface area contributed by atoms with Gasteiger partial charge < -0.3 is 9.47 Å². The van der Waals surface area contributed by atoms with Gasteiger partial charge in [0.2, 0.25) is 0 Å². The normalized spacial score (nSPS) is 15.0. The largest absolute Gasteiger partial charge is 0.459 e. The highest BCUT2D eigenvalue weighted by Gasteiger charge is 2.43. The lowest BCUT2D eigenvalue weighted by atomic mass is 9.89. The van der Waals surface area contributed by atoms with E-state index < -0.39 is 45.9 Å². The van der Waals surface area contributed by atoms with Crippen LogP contribution in [-0.2, 0) is 36.1 Å². The number of sulfonamides is 1. The fraction of sp³-hybridized carbons (Fsp3) is 0.500. The topological polar surface area (TPSA) is 128 Å². The molecule has 1 aromatic carbocycles. The first-order chi connectivity index (χ1) is 22.0. The number of ether oxygens (including phenoxy) is 2. The summed E-state index contributed by atoms with van der Waals surface area (Å²) in [6.07, 6.45) is 6.81. The van der Waals surface area contributed by atoms with Crippen molar-refractivity contribution in [2.24, 2.45) is 0 Å². The fourth-order valence-corrected chi connectivity index (χ4v) is 6.54. The standard InChI is InChI=1S/C36H48N4O6S/c1-8-9-20-36(21-22-36)27-18-16-26(17-19-27)24-29(39-47(43,44)31-15-10-11-23-37-31)28-13-12-14-30(38-28)40(33(42)46-35(5,6)7)25-32(41)45-34(2,3)4/h10-19,23,29,39H,8-9,20-22,24-25H2,1-7H3. The summed E-state index contributed by atoms with van der Waals surface area (Å²) in [4.78, 5) is 36.1. The van der Waals surface area contributed by atoms with E-state index in [0.29, 0.717) is 5.69 Å². The molecule has 1 saturated carbocycles. The van der Waals surface area contributed by atoms with Gasteiger partial charge in [-0.2, -0.15) is 0 Å². The second-order valence-electron chi connectivity index (χ2n) is 14.2. The molecule has 1 atom stereocenters. The lowest BCUT2D eigenvalue weighted by Gasteiger charge is -2.28. The molecule has 254 valence electrons. The first-order valence-corrected chi connectivity index (χ1v) is 17.7. The molecule has 1 unspecified atom stereocenters. The number of benzene rings is 1. The molecule has 1 fully saturated rings. The summed E-state index contributed by atoms with van der Waals surface area (Å²) in [5, 5.41) is -0.122. The number of rotatable bonds is 13. The lowest BCUT2D eigenvalue weighted by molar-refractivity contribution is -0.153. The van der Waals surface area contributed by atoms with Crippen molar-refractivity contribution in [3.63, 3.8) is 0 Å². The summed E-state index contributed by atoms with van der Waals surface area (Å²) in [5.74, 6) is -0.526. The van der Waals surface area contributed by atoms with Crippen LogP contribution in [-0.4, -0.2) is 48.2 Å². The molecule has 3 aromatic rings. The van der Waals surface area contributed by atoms with Crippen molar-refractivity contribution in [2.45, 2.75) is 115 Å². The highest BCUT2D eigenvalue weighted by atomic mass is 32.2. The van der Waals surface area contributed by atoms with Crippen molar-refractivity contribution in [2.75, 3.05) is 11.4 Å². The van der Waals surface area contributed by atoms with Crippen LogP contribution in [0.3, 0.4) is 0 Å². The Hall–Kier alpha value is -3.83. The Kier molecular flexibility index (Phi) is 11.1. The Morgan fingerprint density at radius 3 is 2.19 bits per heavy atom. The molecule has 0 spiro atoms. The van der Waals surface area contributed by atoms with Crippen LogP contribution in [0.1, 0.15) is 103 Å². The van der Waals surface area contributed by atoms with Crippen LogP contribution in [0.25, 0.3) is 0 Å². The summed E-state index contributed by atoms with van der Waals surface area (Å²) >= 11 is 0. The smallest absolute Gasteiger partial charge is 0.416 e. The van der Waals surface area contributed by atoms with E-state index in [2.05, 4.69) is 28.8 Å². The Balaban J connectivity index is 1.69. The Morgan fingerprint density at radius 1 is 0.936 bits per heavy atom. The number of carbonyl (C=O) groups is 2. The SMILES string of the molecule is CCCCC1(c2ccc(CC(NS(=O)(=O)c3ccccn3)c3cccc(N(CC(=O)OC(C)(C)C)C(=O)OC(C)(C)C)n3)cc2)CC1. The minimum atomic E-state index is -4.05. The number of pyridine rings is 2. The van der Waals surface area contributed by atoms with Gasteiger partial charge in [0.25, 0.3) is 10.0 Å². The number of esters is 1. The molecule has 0 saturated heterocycles. The van der Waals surface area contributed by atoms with E-state index in [4.69, 9.17) is 14.5 Å². The van der Waals surface area contributed by atoms with Crippen molar-refractivity contribution in [3.8, 4) is 0 Å². The van der Waals surface area contributed by atoms with Gasteiger partial charge in [0.15, 0.2) is 5.03 Å². The number of aromatic nitrogens is 2. The number of nitrogens with one attached hydrogen (secondary N) is 1. The maximum Gasteiger partial charge on any atom is 0.416 e. The molecule has 4 rings (SSSR count). The molecular weight excluding hydrogens is 616 g/mol. The van der Waals surface area contributed by atoms with Crippen LogP contribution in [0.4, 0.5) is 10.6 Å². The van der Waals surface area contributed by atoms with Crippen molar-refractivity contribution in [3.05, 3.63) is 83.7 Å². The first-order valence-electron chi connectivity index (χ1n) is 16.2. The molecule has 0 bridgehead atoms. The number of unbranched alkanes of at least 4 members (excludes halogenated alkanes) is 1. The monoisotopic (exact) mass is 664 g/mol.